The van der Waals surface area contributed by atoms with Crippen molar-refractivity contribution >= 4 is 0 Å². The van der Waals surface area contributed by atoms with Crippen molar-refractivity contribution in [2.24, 2.45) is 5.73 Å². The maximum atomic E-state index is 5.43. The molecule has 0 aliphatic carbocycles. The van der Waals surface area contributed by atoms with Crippen molar-refractivity contribution < 1.29 is 4.74 Å². The summed E-state index contributed by atoms with van der Waals surface area (Å²) in [4.78, 5) is 8.35. The summed E-state index contributed by atoms with van der Waals surface area (Å²) in [5, 5.41) is 0. The zero-order valence-corrected chi connectivity index (χ0v) is 8.24. The standard InChI is InChI=1S/C9H15N3O/c1-9(2,13-3)8-11-5-7(4-10)6-12-8/h5-6H,4,10H2,1-3H3. The molecule has 2 N–H and O–H groups in total. The van der Waals surface area contributed by atoms with E-state index in [0.29, 0.717) is 12.4 Å². The molecule has 0 saturated carbocycles. The lowest BCUT2D eigenvalue weighted by Gasteiger charge is -2.20. The Bertz CT molecular complexity index is 269. The normalized spacial score (nSPS) is 11.7. The van der Waals surface area contributed by atoms with E-state index < -0.39 is 5.60 Å². The molecule has 0 unspecified atom stereocenters. The fraction of sp³-hybridized carbons (Fsp3) is 0.556. The third kappa shape index (κ3) is 2.23. The van der Waals surface area contributed by atoms with Crippen LogP contribution in [-0.2, 0) is 16.9 Å². The minimum atomic E-state index is -0.437. The number of nitrogens with zero attached hydrogens (tertiary/aromatic N) is 2. The summed E-state index contributed by atoms with van der Waals surface area (Å²) in [6, 6.07) is 0. The third-order valence-electron chi connectivity index (χ3n) is 1.99. The van der Waals surface area contributed by atoms with Crippen LogP contribution in [0.25, 0.3) is 0 Å². The summed E-state index contributed by atoms with van der Waals surface area (Å²) in [6.45, 7) is 4.31. The fourth-order valence-corrected chi connectivity index (χ4v) is 0.862. The zero-order valence-electron chi connectivity index (χ0n) is 8.24. The van der Waals surface area contributed by atoms with E-state index in [4.69, 9.17) is 10.5 Å². The number of aromatic nitrogens is 2. The highest BCUT2D eigenvalue weighted by molar-refractivity contribution is 5.07. The molecule has 1 aromatic heterocycles. The van der Waals surface area contributed by atoms with Crippen LogP contribution in [0, 0.1) is 0 Å². The molecule has 0 bridgehead atoms. The molecule has 0 aliphatic rings. The number of methoxy groups -OCH3 is 1. The second-order valence-electron chi connectivity index (χ2n) is 3.33. The molecule has 0 atom stereocenters. The van der Waals surface area contributed by atoms with Gasteiger partial charge in [0.15, 0.2) is 5.82 Å². The molecule has 1 rings (SSSR count). The molecule has 4 nitrogen and oxygen atoms in total. The minimum absolute atomic E-state index is 0.437. The Morgan fingerprint density at radius 1 is 1.38 bits per heavy atom. The lowest BCUT2D eigenvalue weighted by molar-refractivity contribution is 0.0114. The topological polar surface area (TPSA) is 61.0 Å². The first-order valence-electron chi connectivity index (χ1n) is 4.17. The predicted octanol–water partition coefficient (Wildman–Crippen LogP) is 0.817. The van der Waals surface area contributed by atoms with Gasteiger partial charge in [-0.25, -0.2) is 9.97 Å². The van der Waals surface area contributed by atoms with E-state index >= 15 is 0 Å². The highest BCUT2D eigenvalue weighted by atomic mass is 16.5. The summed E-state index contributed by atoms with van der Waals surface area (Å²) in [5.74, 6) is 0.673. The SMILES string of the molecule is COC(C)(C)c1ncc(CN)cn1. The minimum Gasteiger partial charge on any atom is -0.371 e. The van der Waals surface area contributed by atoms with Crippen LogP contribution < -0.4 is 5.73 Å². The lowest BCUT2D eigenvalue weighted by Crippen LogP contribution is -2.23. The Balaban J connectivity index is 2.92. The van der Waals surface area contributed by atoms with Crippen LogP contribution in [0.4, 0.5) is 0 Å². The highest BCUT2D eigenvalue weighted by Crippen LogP contribution is 2.18. The van der Waals surface area contributed by atoms with Gasteiger partial charge in [-0.3, -0.25) is 0 Å². The first kappa shape index (κ1) is 10.1. The summed E-state index contributed by atoms with van der Waals surface area (Å²) >= 11 is 0. The molecule has 0 fully saturated rings. The van der Waals surface area contributed by atoms with Gasteiger partial charge < -0.3 is 10.5 Å². The average molecular weight is 181 g/mol. The molecule has 72 valence electrons. The molecule has 4 heteroatoms. The molecular formula is C9H15N3O. The van der Waals surface area contributed by atoms with Crippen molar-refractivity contribution in [1.29, 1.82) is 0 Å². The number of nitrogens with two attached hydrogens (primary N) is 1. The number of rotatable bonds is 3. The summed E-state index contributed by atoms with van der Waals surface area (Å²) in [5.41, 5.74) is 5.92. The second-order valence-corrected chi connectivity index (χ2v) is 3.33. The van der Waals surface area contributed by atoms with Crippen LogP contribution in [0.3, 0.4) is 0 Å². The number of hydrogen-bond acceptors (Lipinski definition) is 4. The van der Waals surface area contributed by atoms with Gasteiger partial charge in [-0.05, 0) is 13.8 Å². The monoisotopic (exact) mass is 181 g/mol. The molecular weight excluding hydrogens is 166 g/mol. The number of ether oxygens (including phenoxy) is 1. The van der Waals surface area contributed by atoms with E-state index in [9.17, 15) is 0 Å². The third-order valence-corrected chi connectivity index (χ3v) is 1.99. The maximum Gasteiger partial charge on any atom is 0.159 e. The van der Waals surface area contributed by atoms with E-state index in [1.54, 1.807) is 19.5 Å². The van der Waals surface area contributed by atoms with Crippen molar-refractivity contribution in [2.45, 2.75) is 26.0 Å². The predicted molar refractivity (Wildman–Crippen MR) is 50.0 cm³/mol. The molecule has 13 heavy (non-hydrogen) atoms. The molecule has 0 amide bonds. The Morgan fingerprint density at radius 2 is 1.92 bits per heavy atom. The Kier molecular flexibility index (Phi) is 2.95. The Hall–Kier alpha value is -1.00. The van der Waals surface area contributed by atoms with Gasteiger partial charge in [-0.1, -0.05) is 0 Å². The van der Waals surface area contributed by atoms with Gasteiger partial charge in [-0.2, -0.15) is 0 Å². The van der Waals surface area contributed by atoms with Crippen molar-refractivity contribution in [1.82, 2.24) is 9.97 Å². The first-order chi connectivity index (χ1) is 6.10. The maximum absolute atomic E-state index is 5.43. The molecule has 1 heterocycles. The van der Waals surface area contributed by atoms with E-state index in [2.05, 4.69) is 9.97 Å². The second kappa shape index (κ2) is 3.81. The fourth-order valence-electron chi connectivity index (χ4n) is 0.862. The zero-order chi connectivity index (χ0) is 9.90. The van der Waals surface area contributed by atoms with Crippen molar-refractivity contribution in [3.63, 3.8) is 0 Å². The van der Waals surface area contributed by atoms with Gasteiger partial charge in [0.1, 0.15) is 5.60 Å². The van der Waals surface area contributed by atoms with Gasteiger partial charge >= 0.3 is 0 Å². The van der Waals surface area contributed by atoms with Crippen molar-refractivity contribution in [2.75, 3.05) is 7.11 Å². The number of hydrogen-bond donors (Lipinski definition) is 1. The molecule has 0 spiro atoms. The average Bonchev–Trinajstić information content (AvgIpc) is 2.18. The van der Waals surface area contributed by atoms with Crippen LogP contribution in [0.2, 0.25) is 0 Å². The molecule has 0 aromatic carbocycles. The molecule has 0 radical (unpaired) electrons. The smallest absolute Gasteiger partial charge is 0.159 e. The van der Waals surface area contributed by atoms with Crippen LogP contribution in [0.1, 0.15) is 25.2 Å². The Labute approximate surface area is 78.1 Å². The van der Waals surface area contributed by atoms with Crippen molar-refractivity contribution in [3.8, 4) is 0 Å². The highest BCUT2D eigenvalue weighted by Gasteiger charge is 2.22. The molecule has 0 saturated heterocycles. The van der Waals surface area contributed by atoms with Gasteiger partial charge in [0.05, 0.1) is 0 Å². The summed E-state index contributed by atoms with van der Waals surface area (Å²) < 4.78 is 5.24. The van der Waals surface area contributed by atoms with Crippen LogP contribution in [0.15, 0.2) is 12.4 Å². The first-order valence-corrected chi connectivity index (χ1v) is 4.17. The molecule has 1 aromatic rings. The van der Waals surface area contributed by atoms with Crippen LogP contribution >= 0.6 is 0 Å². The van der Waals surface area contributed by atoms with Gasteiger partial charge in [0.2, 0.25) is 0 Å². The van der Waals surface area contributed by atoms with Gasteiger partial charge in [-0.15, -0.1) is 0 Å². The van der Waals surface area contributed by atoms with E-state index in [-0.39, 0.29) is 0 Å². The van der Waals surface area contributed by atoms with E-state index in [1.807, 2.05) is 13.8 Å². The van der Waals surface area contributed by atoms with Crippen LogP contribution in [-0.4, -0.2) is 17.1 Å². The van der Waals surface area contributed by atoms with Gasteiger partial charge in [0, 0.05) is 31.6 Å². The molecule has 0 aliphatic heterocycles. The van der Waals surface area contributed by atoms with Crippen molar-refractivity contribution in [3.05, 3.63) is 23.8 Å². The summed E-state index contributed by atoms with van der Waals surface area (Å²) in [6.07, 6.45) is 3.45. The van der Waals surface area contributed by atoms with Gasteiger partial charge in [0.25, 0.3) is 0 Å². The Morgan fingerprint density at radius 3 is 2.31 bits per heavy atom. The largest absolute Gasteiger partial charge is 0.371 e. The van der Waals surface area contributed by atoms with E-state index in [1.165, 1.54) is 0 Å². The summed E-state index contributed by atoms with van der Waals surface area (Å²) in [7, 11) is 1.64. The van der Waals surface area contributed by atoms with Crippen LogP contribution in [0.5, 0.6) is 0 Å². The lowest BCUT2D eigenvalue weighted by atomic mass is 10.1. The quantitative estimate of drug-likeness (QED) is 0.749. The van der Waals surface area contributed by atoms with E-state index in [0.717, 1.165) is 5.56 Å².